The number of hydrogen-bond acceptors (Lipinski definition) is 8. The third kappa shape index (κ3) is 10.0. The van der Waals surface area contributed by atoms with Crippen LogP contribution in [0.15, 0.2) is 92.0 Å². The molecule has 0 radical (unpaired) electrons. The van der Waals surface area contributed by atoms with E-state index in [4.69, 9.17) is 28.7 Å². The van der Waals surface area contributed by atoms with Gasteiger partial charge in [-0.15, -0.1) is 6.58 Å². The molecule has 210 valence electrons. The highest BCUT2D eigenvalue weighted by Gasteiger charge is 2.12. The van der Waals surface area contributed by atoms with Gasteiger partial charge in [-0.05, 0) is 54.1 Å². The highest BCUT2D eigenvalue weighted by molar-refractivity contribution is 5.91. The van der Waals surface area contributed by atoms with E-state index in [1.807, 2.05) is 0 Å². The van der Waals surface area contributed by atoms with Crippen LogP contribution in [0.2, 0.25) is 0 Å². The monoisotopic (exact) mass is 550 g/mol. The van der Waals surface area contributed by atoms with Crippen molar-refractivity contribution >= 4 is 11.9 Å². The summed E-state index contributed by atoms with van der Waals surface area (Å²) in [5.41, 5.74) is 1.28. The van der Waals surface area contributed by atoms with Crippen LogP contribution in [0.4, 0.5) is 4.39 Å². The smallest absolute Gasteiger partial charge is 0.343 e. The van der Waals surface area contributed by atoms with Gasteiger partial charge in [-0.25, -0.2) is 23.8 Å². The van der Waals surface area contributed by atoms with E-state index in [0.717, 1.165) is 6.08 Å². The van der Waals surface area contributed by atoms with Crippen LogP contribution in [0.25, 0.3) is 11.1 Å². The van der Waals surface area contributed by atoms with Crippen molar-refractivity contribution in [2.75, 3.05) is 33.0 Å². The van der Waals surface area contributed by atoms with Gasteiger partial charge in [-0.2, -0.15) is 0 Å². The molecule has 0 fully saturated rings. The van der Waals surface area contributed by atoms with E-state index in [1.165, 1.54) is 12.1 Å². The molecule has 0 bridgehead atoms. The van der Waals surface area contributed by atoms with Crippen molar-refractivity contribution in [3.63, 3.8) is 0 Å². The molecule has 0 unspecified atom stereocenters. The van der Waals surface area contributed by atoms with Crippen LogP contribution in [0, 0.1) is 5.82 Å². The Morgan fingerprint density at radius 2 is 1.38 bits per heavy atom. The van der Waals surface area contributed by atoms with Gasteiger partial charge in [0.1, 0.15) is 29.7 Å². The van der Waals surface area contributed by atoms with Crippen LogP contribution in [-0.2, 0) is 19.3 Å². The Bertz CT molecular complexity index is 1260. The molecule has 40 heavy (non-hydrogen) atoms. The van der Waals surface area contributed by atoms with E-state index in [2.05, 4.69) is 13.2 Å². The molecule has 0 aromatic heterocycles. The predicted molar refractivity (Wildman–Crippen MR) is 147 cm³/mol. The van der Waals surface area contributed by atoms with Gasteiger partial charge < -0.3 is 18.9 Å². The summed E-state index contributed by atoms with van der Waals surface area (Å²) in [6.45, 7) is 8.55. The summed E-state index contributed by atoms with van der Waals surface area (Å²) in [6, 6.07) is 17.6. The van der Waals surface area contributed by atoms with Gasteiger partial charge in [0.25, 0.3) is 0 Å². The molecule has 0 heterocycles. The first kappa shape index (κ1) is 30.1. The van der Waals surface area contributed by atoms with E-state index in [-0.39, 0.29) is 12.4 Å². The standard InChI is InChI=1S/C31H31FO8/c1-3-17-38-39-21-6-19-36-26-13-9-24(10-14-26)31(34)40-27-15-16-28(29(32)22-27)23-7-11-25(12-8-23)35-18-5-20-37-30(33)4-2/h3-4,7-16,22H,1-2,5-6,17-21H2. The van der Waals surface area contributed by atoms with Gasteiger partial charge in [-0.3, -0.25) is 0 Å². The van der Waals surface area contributed by atoms with Crippen molar-refractivity contribution in [1.29, 1.82) is 0 Å². The maximum Gasteiger partial charge on any atom is 0.343 e. The van der Waals surface area contributed by atoms with Crippen molar-refractivity contribution in [2.24, 2.45) is 0 Å². The van der Waals surface area contributed by atoms with E-state index in [1.54, 1.807) is 60.7 Å². The van der Waals surface area contributed by atoms with Crippen molar-refractivity contribution < 1.29 is 42.7 Å². The Balaban J connectivity index is 1.46. The Kier molecular flexibility index (Phi) is 12.4. The van der Waals surface area contributed by atoms with Gasteiger partial charge in [0.15, 0.2) is 0 Å². The molecule has 0 aliphatic rings. The quantitative estimate of drug-likeness (QED) is 0.0378. The van der Waals surface area contributed by atoms with Crippen molar-refractivity contribution in [2.45, 2.75) is 12.8 Å². The second-order valence-electron chi connectivity index (χ2n) is 8.25. The number of benzene rings is 3. The van der Waals surface area contributed by atoms with Crippen LogP contribution in [0.1, 0.15) is 23.2 Å². The molecule has 0 aliphatic heterocycles. The Morgan fingerprint density at radius 1 is 0.750 bits per heavy atom. The molecule has 0 saturated heterocycles. The minimum Gasteiger partial charge on any atom is -0.494 e. The summed E-state index contributed by atoms with van der Waals surface area (Å²) >= 11 is 0. The normalized spacial score (nSPS) is 10.4. The highest BCUT2D eigenvalue weighted by atomic mass is 19.1. The summed E-state index contributed by atoms with van der Waals surface area (Å²) in [5.74, 6) is -0.356. The summed E-state index contributed by atoms with van der Waals surface area (Å²) in [4.78, 5) is 33.3. The van der Waals surface area contributed by atoms with E-state index in [0.29, 0.717) is 67.5 Å². The maximum atomic E-state index is 14.8. The van der Waals surface area contributed by atoms with Crippen molar-refractivity contribution in [1.82, 2.24) is 0 Å². The Hall–Kier alpha value is -4.47. The lowest BCUT2D eigenvalue weighted by atomic mass is 10.0. The van der Waals surface area contributed by atoms with Crippen LogP contribution in [-0.4, -0.2) is 45.0 Å². The average Bonchev–Trinajstić information content (AvgIpc) is 2.97. The Labute approximate surface area is 232 Å². The third-order valence-corrected chi connectivity index (χ3v) is 5.28. The van der Waals surface area contributed by atoms with Gasteiger partial charge in [-0.1, -0.05) is 24.8 Å². The number of hydrogen-bond donors (Lipinski definition) is 0. The maximum absolute atomic E-state index is 14.8. The largest absolute Gasteiger partial charge is 0.494 e. The minimum absolute atomic E-state index is 0.0855. The second-order valence-corrected chi connectivity index (χ2v) is 8.25. The van der Waals surface area contributed by atoms with Crippen LogP contribution < -0.4 is 14.2 Å². The number of carbonyl (C=O) groups is 2. The number of ether oxygens (including phenoxy) is 4. The molecular weight excluding hydrogens is 519 g/mol. The van der Waals surface area contributed by atoms with Gasteiger partial charge >= 0.3 is 11.9 Å². The van der Waals surface area contributed by atoms with Gasteiger partial charge in [0.2, 0.25) is 0 Å². The fraction of sp³-hybridized carbons (Fsp3) is 0.226. The molecule has 8 nitrogen and oxygen atoms in total. The molecule has 0 aliphatic carbocycles. The summed E-state index contributed by atoms with van der Waals surface area (Å²) in [7, 11) is 0. The fourth-order valence-corrected chi connectivity index (χ4v) is 3.32. The first-order chi connectivity index (χ1) is 19.5. The molecule has 3 aromatic carbocycles. The number of rotatable bonds is 17. The predicted octanol–water partition coefficient (Wildman–Crippen LogP) is 6.11. The zero-order valence-electron chi connectivity index (χ0n) is 22.0. The third-order valence-electron chi connectivity index (χ3n) is 5.28. The topological polar surface area (TPSA) is 89.5 Å². The highest BCUT2D eigenvalue weighted by Crippen LogP contribution is 2.28. The summed E-state index contributed by atoms with van der Waals surface area (Å²) in [5, 5.41) is 0. The van der Waals surface area contributed by atoms with Crippen LogP contribution in [0.3, 0.4) is 0 Å². The lowest BCUT2D eigenvalue weighted by Gasteiger charge is -2.10. The lowest BCUT2D eigenvalue weighted by molar-refractivity contribution is -0.287. The van der Waals surface area contributed by atoms with Gasteiger partial charge in [0, 0.05) is 30.5 Å². The first-order valence-corrected chi connectivity index (χ1v) is 12.6. The van der Waals surface area contributed by atoms with Crippen molar-refractivity contribution in [3.8, 4) is 28.4 Å². The molecule has 9 heteroatoms. The molecule has 0 amide bonds. The molecule has 0 saturated carbocycles. The van der Waals surface area contributed by atoms with Gasteiger partial charge in [0.05, 0.1) is 32.0 Å². The van der Waals surface area contributed by atoms with Crippen LogP contribution in [0.5, 0.6) is 17.2 Å². The molecule has 0 atom stereocenters. The minimum atomic E-state index is -0.618. The number of esters is 2. The zero-order chi connectivity index (χ0) is 28.6. The first-order valence-electron chi connectivity index (χ1n) is 12.6. The molecule has 3 aromatic rings. The zero-order valence-corrected chi connectivity index (χ0v) is 22.0. The second kappa shape index (κ2) is 16.5. The molecule has 0 N–H and O–H groups in total. The van der Waals surface area contributed by atoms with E-state index < -0.39 is 17.8 Å². The average molecular weight is 551 g/mol. The number of carbonyl (C=O) groups excluding carboxylic acids is 2. The fourth-order valence-electron chi connectivity index (χ4n) is 3.32. The molecule has 3 rings (SSSR count). The Morgan fingerprint density at radius 3 is 2.00 bits per heavy atom. The lowest BCUT2D eigenvalue weighted by Crippen LogP contribution is -2.09. The van der Waals surface area contributed by atoms with Crippen molar-refractivity contribution in [3.05, 3.63) is 103 Å². The van der Waals surface area contributed by atoms with Crippen LogP contribution >= 0.6 is 0 Å². The van der Waals surface area contributed by atoms with E-state index in [9.17, 15) is 14.0 Å². The SMILES string of the molecule is C=CCOOCCCOc1ccc(C(=O)Oc2ccc(-c3ccc(OCCCOC(=O)C=C)cc3)c(F)c2)cc1. The van der Waals surface area contributed by atoms with E-state index >= 15 is 0 Å². The molecule has 0 spiro atoms. The molecular formula is C31H31FO8. The summed E-state index contributed by atoms with van der Waals surface area (Å²) in [6.07, 6.45) is 3.84. The number of halogens is 1. The summed E-state index contributed by atoms with van der Waals surface area (Å²) < 4.78 is 36.3.